The maximum absolute atomic E-state index is 13.0. The van der Waals surface area contributed by atoms with Crippen LogP contribution in [-0.4, -0.2) is 45.6 Å². The van der Waals surface area contributed by atoms with E-state index in [-0.39, 0.29) is 29.9 Å². The molecule has 2 heterocycles. The minimum absolute atomic E-state index is 0.0435. The number of nitrogens with one attached hydrogen (secondary N) is 3. The van der Waals surface area contributed by atoms with Crippen LogP contribution in [0.1, 0.15) is 48.8 Å². The number of carbonyl (C=O) groups excluding carboxylic acids is 3. The zero-order valence-electron chi connectivity index (χ0n) is 20.6. The zero-order valence-corrected chi connectivity index (χ0v) is 20.6. The molecule has 0 saturated carbocycles. The second-order valence-electron chi connectivity index (χ2n) is 9.27. The summed E-state index contributed by atoms with van der Waals surface area (Å²) in [6.45, 7) is 6.33. The number of amides is 4. The Labute approximate surface area is 208 Å². The van der Waals surface area contributed by atoms with Crippen molar-refractivity contribution in [2.75, 3.05) is 18.4 Å². The number of rotatable bonds is 4. The van der Waals surface area contributed by atoms with Crippen LogP contribution in [0.5, 0.6) is 0 Å². The molecule has 4 rings (SSSR count). The van der Waals surface area contributed by atoms with Crippen molar-refractivity contribution in [1.82, 2.24) is 25.5 Å². The highest BCUT2D eigenvalue weighted by Crippen LogP contribution is 2.19. The highest BCUT2D eigenvalue weighted by molar-refractivity contribution is 6.05. The lowest BCUT2D eigenvalue weighted by atomic mass is 9.97. The first-order chi connectivity index (χ1) is 17.2. The van der Waals surface area contributed by atoms with E-state index in [1.54, 1.807) is 43.0 Å². The fourth-order valence-electron chi connectivity index (χ4n) is 4.30. The first-order valence-electron chi connectivity index (χ1n) is 12.0. The number of fused-ring (bicyclic) bond motifs is 1. The third-order valence-electron chi connectivity index (χ3n) is 6.18. The minimum atomic E-state index is -0.626. The molecule has 0 spiro atoms. The second kappa shape index (κ2) is 10.6. The van der Waals surface area contributed by atoms with Crippen molar-refractivity contribution in [3.8, 4) is 0 Å². The van der Waals surface area contributed by atoms with Gasteiger partial charge in [0.25, 0.3) is 11.5 Å². The summed E-state index contributed by atoms with van der Waals surface area (Å²) in [4.78, 5) is 52.8. The maximum Gasteiger partial charge on any atom is 0.321 e. The summed E-state index contributed by atoms with van der Waals surface area (Å²) in [6.07, 6.45) is 1.26. The molecule has 0 bridgehead atoms. The molecule has 10 nitrogen and oxygen atoms in total. The normalized spacial score (nSPS) is 15.6. The lowest BCUT2D eigenvalue weighted by Crippen LogP contribution is -2.51. The van der Waals surface area contributed by atoms with Crippen LogP contribution in [0.3, 0.4) is 0 Å². The Morgan fingerprint density at radius 3 is 2.50 bits per heavy atom. The molecule has 1 unspecified atom stereocenters. The summed E-state index contributed by atoms with van der Waals surface area (Å²) >= 11 is 0. The lowest BCUT2D eigenvalue weighted by molar-refractivity contribution is -0.127. The van der Waals surface area contributed by atoms with Gasteiger partial charge in [0.2, 0.25) is 5.91 Å². The van der Waals surface area contributed by atoms with E-state index >= 15 is 0 Å². The second-order valence-corrected chi connectivity index (χ2v) is 9.27. The molecular weight excluding hydrogens is 460 g/mol. The highest BCUT2D eigenvalue weighted by Gasteiger charge is 2.29. The topological polar surface area (TPSA) is 125 Å². The Kier molecular flexibility index (Phi) is 7.33. The summed E-state index contributed by atoms with van der Waals surface area (Å²) in [5, 5.41) is 7.90. The van der Waals surface area contributed by atoms with E-state index in [2.05, 4.69) is 21.3 Å². The number of hydrogen-bond donors (Lipinski definition) is 3. The van der Waals surface area contributed by atoms with Gasteiger partial charge in [-0.15, -0.1) is 0 Å². The lowest BCUT2D eigenvalue weighted by Gasteiger charge is -2.32. The zero-order chi connectivity index (χ0) is 25.8. The Bertz CT molecular complexity index is 1370. The number of aromatic nitrogens is 2. The van der Waals surface area contributed by atoms with E-state index < -0.39 is 17.7 Å². The van der Waals surface area contributed by atoms with Crippen LogP contribution in [0.25, 0.3) is 10.8 Å². The SMILES string of the molecule is Cc1cccc(NC(=O)N2CCCC(C(=O)NNC(=O)c3nn(C(C)C)c(=O)c4ccccc34)C2)c1. The summed E-state index contributed by atoms with van der Waals surface area (Å²) in [6, 6.07) is 13.7. The molecule has 2 aromatic carbocycles. The number of hydrazine groups is 1. The number of likely N-dealkylation sites (tertiary alicyclic amines) is 1. The van der Waals surface area contributed by atoms with Crippen molar-refractivity contribution in [3.63, 3.8) is 0 Å². The van der Waals surface area contributed by atoms with Gasteiger partial charge in [-0.25, -0.2) is 9.48 Å². The average molecular weight is 491 g/mol. The molecule has 0 radical (unpaired) electrons. The van der Waals surface area contributed by atoms with Gasteiger partial charge in [-0.05, 0) is 57.4 Å². The van der Waals surface area contributed by atoms with Gasteiger partial charge >= 0.3 is 6.03 Å². The van der Waals surface area contributed by atoms with E-state index in [0.29, 0.717) is 35.8 Å². The molecule has 188 valence electrons. The summed E-state index contributed by atoms with van der Waals surface area (Å²) in [5.41, 5.74) is 6.39. The van der Waals surface area contributed by atoms with Crippen molar-refractivity contribution in [3.05, 3.63) is 70.1 Å². The molecule has 3 aromatic rings. The van der Waals surface area contributed by atoms with E-state index in [1.807, 2.05) is 31.2 Å². The number of hydrogen-bond acceptors (Lipinski definition) is 5. The highest BCUT2D eigenvalue weighted by atomic mass is 16.2. The molecular formula is C26H30N6O4. The molecule has 1 saturated heterocycles. The maximum atomic E-state index is 13.0. The summed E-state index contributed by atoms with van der Waals surface area (Å²) < 4.78 is 1.25. The van der Waals surface area contributed by atoms with Gasteiger partial charge in [0, 0.05) is 24.2 Å². The van der Waals surface area contributed by atoms with Crippen molar-refractivity contribution in [2.45, 2.75) is 39.7 Å². The molecule has 4 amide bonds. The van der Waals surface area contributed by atoms with Gasteiger partial charge in [0.15, 0.2) is 5.69 Å². The Morgan fingerprint density at radius 2 is 1.78 bits per heavy atom. The summed E-state index contributed by atoms with van der Waals surface area (Å²) in [7, 11) is 0. The van der Waals surface area contributed by atoms with Gasteiger partial charge in [-0.3, -0.25) is 25.2 Å². The number of nitrogens with zero attached hydrogens (tertiary/aromatic N) is 3. The predicted molar refractivity (Wildman–Crippen MR) is 136 cm³/mol. The van der Waals surface area contributed by atoms with Crippen LogP contribution in [0.2, 0.25) is 0 Å². The van der Waals surface area contributed by atoms with E-state index in [4.69, 9.17) is 0 Å². The van der Waals surface area contributed by atoms with Crippen molar-refractivity contribution in [1.29, 1.82) is 0 Å². The first kappa shape index (κ1) is 24.9. The number of aryl methyl sites for hydroxylation is 1. The van der Waals surface area contributed by atoms with Crippen molar-refractivity contribution in [2.24, 2.45) is 5.92 Å². The van der Waals surface area contributed by atoms with Crippen LogP contribution < -0.4 is 21.7 Å². The van der Waals surface area contributed by atoms with Crippen LogP contribution in [0.15, 0.2) is 53.3 Å². The molecule has 0 aliphatic carbocycles. The van der Waals surface area contributed by atoms with Gasteiger partial charge in [0.05, 0.1) is 17.3 Å². The molecule has 1 fully saturated rings. The largest absolute Gasteiger partial charge is 0.324 e. The predicted octanol–water partition coefficient (Wildman–Crippen LogP) is 2.99. The van der Waals surface area contributed by atoms with Gasteiger partial charge in [-0.2, -0.15) is 5.10 Å². The fourth-order valence-corrected chi connectivity index (χ4v) is 4.30. The third kappa shape index (κ3) is 5.37. The molecule has 10 heteroatoms. The van der Waals surface area contributed by atoms with Crippen LogP contribution in [0.4, 0.5) is 10.5 Å². The Hall–Kier alpha value is -4.21. The third-order valence-corrected chi connectivity index (χ3v) is 6.18. The van der Waals surface area contributed by atoms with Crippen LogP contribution in [0, 0.1) is 12.8 Å². The van der Waals surface area contributed by atoms with Gasteiger partial charge < -0.3 is 10.2 Å². The molecule has 1 aliphatic heterocycles. The van der Waals surface area contributed by atoms with Crippen molar-refractivity contribution < 1.29 is 14.4 Å². The Morgan fingerprint density at radius 1 is 1.03 bits per heavy atom. The number of carbonyl (C=O) groups is 3. The molecule has 36 heavy (non-hydrogen) atoms. The Balaban J connectivity index is 1.41. The summed E-state index contributed by atoms with van der Waals surface area (Å²) in [5.74, 6) is -1.49. The van der Waals surface area contributed by atoms with Crippen LogP contribution >= 0.6 is 0 Å². The molecule has 1 atom stereocenters. The number of urea groups is 1. The molecule has 1 aromatic heterocycles. The van der Waals surface area contributed by atoms with E-state index in [1.165, 1.54) is 4.68 Å². The van der Waals surface area contributed by atoms with Crippen molar-refractivity contribution >= 4 is 34.3 Å². The number of anilines is 1. The monoisotopic (exact) mass is 490 g/mol. The quantitative estimate of drug-likeness (QED) is 0.485. The number of piperidine rings is 1. The van der Waals surface area contributed by atoms with E-state index in [9.17, 15) is 19.2 Å². The molecule has 1 aliphatic rings. The van der Waals surface area contributed by atoms with Gasteiger partial charge in [0.1, 0.15) is 0 Å². The van der Waals surface area contributed by atoms with E-state index in [0.717, 1.165) is 5.56 Å². The first-order valence-corrected chi connectivity index (χ1v) is 12.0. The smallest absolute Gasteiger partial charge is 0.321 e. The van der Waals surface area contributed by atoms with Gasteiger partial charge in [-0.1, -0.05) is 30.3 Å². The minimum Gasteiger partial charge on any atom is -0.324 e. The van der Waals surface area contributed by atoms with Crippen LogP contribution in [-0.2, 0) is 4.79 Å². The standard InChI is InChI=1S/C26H30N6O4/c1-16(2)32-25(35)21-12-5-4-11-20(21)22(30-32)24(34)29-28-23(33)18-9-7-13-31(15-18)26(36)27-19-10-6-8-17(3)14-19/h4-6,8,10-12,14,16,18H,7,9,13,15H2,1-3H3,(H,27,36)(H,28,33)(H,29,34). The fraction of sp³-hybridized carbons (Fsp3) is 0.346. The number of benzene rings is 2. The average Bonchev–Trinajstić information content (AvgIpc) is 2.87. The molecule has 3 N–H and O–H groups in total.